The van der Waals surface area contributed by atoms with Gasteiger partial charge >= 0.3 is 12.1 Å². The van der Waals surface area contributed by atoms with Gasteiger partial charge in [-0.05, 0) is 34.4 Å². The summed E-state index contributed by atoms with van der Waals surface area (Å²) in [6.45, 7) is -0.368. The Labute approximate surface area is 194 Å². The molecule has 176 valence electrons. The third-order valence-corrected chi connectivity index (χ3v) is 5.89. The first-order valence-electron chi connectivity index (χ1n) is 10.5. The molecule has 0 saturated carbocycles. The van der Waals surface area contributed by atoms with Crippen LogP contribution in [0.15, 0.2) is 60.7 Å². The lowest BCUT2D eigenvalue weighted by Crippen LogP contribution is -2.36. The van der Waals surface area contributed by atoms with E-state index in [-0.39, 0.29) is 23.8 Å². The minimum Gasteiger partial charge on any atom is -0.478 e. The van der Waals surface area contributed by atoms with Crippen LogP contribution in [-0.2, 0) is 4.74 Å². The summed E-state index contributed by atoms with van der Waals surface area (Å²) in [5.41, 5.74) is 8.76. The molecular formula is C25H23FN2O6. The second-order valence-electron chi connectivity index (χ2n) is 7.98. The molecule has 34 heavy (non-hydrogen) atoms. The van der Waals surface area contributed by atoms with E-state index < -0.39 is 42.2 Å². The van der Waals surface area contributed by atoms with E-state index in [2.05, 4.69) is 5.32 Å². The molecule has 0 saturated heterocycles. The molecule has 1 aliphatic rings. The predicted molar refractivity (Wildman–Crippen MR) is 122 cm³/mol. The summed E-state index contributed by atoms with van der Waals surface area (Å²) < 4.78 is 19.1. The van der Waals surface area contributed by atoms with Crippen molar-refractivity contribution in [3.63, 3.8) is 0 Å². The van der Waals surface area contributed by atoms with E-state index in [1.54, 1.807) is 0 Å². The molecule has 6 N–H and O–H groups in total. The normalized spacial score (nSPS) is 14.1. The molecule has 3 aromatic carbocycles. The minimum absolute atomic E-state index is 0.0668. The molecule has 3 aromatic rings. The minimum atomic E-state index is -1.73. The van der Waals surface area contributed by atoms with Crippen LogP contribution in [0.1, 0.15) is 39.1 Å². The number of alkyl carbamates (subject to hydrolysis) is 1. The van der Waals surface area contributed by atoms with Crippen LogP contribution in [0.4, 0.5) is 14.9 Å². The summed E-state index contributed by atoms with van der Waals surface area (Å²) in [5.74, 6) is -2.55. The first kappa shape index (κ1) is 23.2. The van der Waals surface area contributed by atoms with Crippen molar-refractivity contribution in [1.82, 2.24) is 5.32 Å². The average molecular weight is 466 g/mol. The number of carbonyl (C=O) groups excluding carboxylic acids is 1. The third-order valence-electron chi connectivity index (χ3n) is 5.89. The highest BCUT2D eigenvalue weighted by Gasteiger charge is 2.29. The number of ether oxygens (including phenoxy) is 1. The quantitative estimate of drug-likeness (QED) is 0.337. The summed E-state index contributed by atoms with van der Waals surface area (Å²) in [6, 6.07) is 17.3. The van der Waals surface area contributed by atoms with Gasteiger partial charge in [0.05, 0.1) is 11.3 Å². The number of carbonyl (C=O) groups is 2. The number of carboxylic acid groups (broad SMARTS) is 1. The van der Waals surface area contributed by atoms with Crippen molar-refractivity contribution < 1.29 is 34.0 Å². The molecular weight excluding hydrogens is 443 g/mol. The number of amides is 1. The van der Waals surface area contributed by atoms with Gasteiger partial charge in [-0.15, -0.1) is 0 Å². The van der Waals surface area contributed by atoms with Crippen molar-refractivity contribution >= 4 is 17.7 Å². The number of carboxylic acids is 1. The number of hydrogen-bond acceptors (Lipinski definition) is 6. The van der Waals surface area contributed by atoms with E-state index in [1.165, 1.54) is 0 Å². The zero-order valence-corrected chi connectivity index (χ0v) is 17.9. The molecule has 0 aromatic heterocycles. The topological polar surface area (TPSA) is 142 Å². The van der Waals surface area contributed by atoms with Crippen LogP contribution in [0.2, 0.25) is 0 Å². The molecule has 2 unspecified atom stereocenters. The van der Waals surface area contributed by atoms with Gasteiger partial charge in [0.25, 0.3) is 0 Å². The maximum atomic E-state index is 13.8. The van der Waals surface area contributed by atoms with Gasteiger partial charge < -0.3 is 31.1 Å². The van der Waals surface area contributed by atoms with E-state index in [0.717, 1.165) is 34.4 Å². The molecule has 0 fully saturated rings. The Balaban J connectivity index is 1.37. The Kier molecular flexibility index (Phi) is 6.49. The van der Waals surface area contributed by atoms with Crippen molar-refractivity contribution in [2.75, 3.05) is 18.9 Å². The molecule has 0 bridgehead atoms. The number of nitrogens with two attached hydrogens (primary N) is 1. The lowest BCUT2D eigenvalue weighted by Gasteiger charge is -2.21. The summed E-state index contributed by atoms with van der Waals surface area (Å²) in [7, 11) is 0. The molecule has 9 heteroatoms. The van der Waals surface area contributed by atoms with E-state index in [9.17, 15) is 24.2 Å². The van der Waals surface area contributed by atoms with Crippen LogP contribution in [0.5, 0.6) is 0 Å². The highest BCUT2D eigenvalue weighted by atomic mass is 19.1. The van der Waals surface area contributed by atoms with Crippen molar-refractivity contribution in [2.45, 2.75) is 18.1 Å². The summed E-state index contributed by atoms with van der Waals surface area (Å²) >= 11 is 0. The first-order valence-corrected chi connectivity index (χ1v) is 10.5. The fourth-order valence-corrected chi connectivity index (χ4v) is 4.22. The SMILES string of the molecule is Nc1c(C(=O)O)cc(F)cc1C(O)C(O)CNC(=O)OCC1c2ccccc2-c2ccccc21. The molecule has 2 atom stereocenters. The van der Waals surface area contributed by atoms with Crippen LogP contribution >= 0.6 is 0 Å². The van der Waals surface area contributed by atoms with Gasteiger partial charge in [-0.25, -0.2) is 14.0 Å². The van der Waals surface area contributed by atoms with Crippen molar-refractivity contribution in [1.29, 1.82) is 0 Å². The van der Waals surface area contributed by atoms with Crippen molar-refractivity contribution in [2.24, 2.45) is 0 Å². The number of nitrogen functional groups attached to an aromatic ring is 1. The van der Waals surface area contributed by atoms with Crippen LogP contribution in [0.25, 0.3) is 11.1 Å². The number of fused-ring (bicyclic) bond motifs is 3. The van der Waals surface area contributed by atoms with Gasteiger partial charge in [0.2, 0.25) is 0 Å². The lowest BCUT2D eigenvalue weighted by molar-refractivity contribution is 0.0187. The monoisotopic (exact) mass is 466 g/mol. The molecule has 0 radical (unpaired) electrons. The Morgan fingerprint density at radius 3 is 2.21 bits per heavy atom. The van der Waals surface area contributed by atoms with Gasteiger partial charge in [-0.1, -0.05) is 48.5 Å². The van der Waals surface area contributed by atoms with E-state index in [0.29, 0.717) is 0 Å². The first-order chi connectivity index (χ1) is 16.3. The van der Waals surface area contributed by atoms with Gasteiger partial charge in [0, 0.05) is 18.0 Å². The van der Waals surface area contributed by atoms with Crippen LogP contribution in [0.3, 0.4) is 0 Å². The second-order valence-corrected chi connectivity index (χ2v) is 7.98. The molecule has 8 nitrogen and oxygen atoms in total. The number of nitrogens with one attached hydrogen (secondary N) is 1. The predicted octanol–water partition coefficient (Wildman–Crippen LogP) is 3.04. The molecule has 0 aliphatic heterocycles. The lowest BCUT2D eigenvalue weighted by atomic mass is 9.98. The zero-order chi connectivity index (χ0) is 24.4. The Bertz CT molecular complexity index is 1200. The molecule has 0 heterocycles. The van der Waals surface area contributed by atoms with E-state index in [4.69, 9.17) is 15.6 Å². The summed E-state index contributed by atoms with van der Waals surface area (Å²) in [4.78, 5) is 23.5. The van der Waals surface area contributed by atoms with Crippen LogP contribution in [-0.4, -0.2) is 46.6 Å². The van der Waals surface area contributed by atoms with Crippen LogP contribution < -0.4 is 11.1 Å². The van der Waals surface area contributed by atoms with Gasteiger partial charge in [-0.3, -0.25) is 0 Å². The number of rotatable bonds is 7. The summed E-state index contributed by atoms with van der Waals surface area (Å²) in [5, 5.41) is 32.1. The maximum Gasteiger partial charge on any atom is 0.407 e. The van der Waals surface area contributed by atoms with Crippen molar-refractivity contribution in [3.05, 3.63) is 88.7 Å². The zero-order valence-electron chi connectivity index (χ0n) is 17.9. The number of aromatic carboxylic acids is 1. The Hall–Kier alpha value is -3.95. The Morgan fingerprint density at radius 1 is 1.03 bits per heavy atom. The molecule has 1 aliphatic carbocycles. The van der Waals surface area contributed by atoms with Gasteiger partial charge in [0.1, 0.15) is 24.6 Å². The Morgan fingerprint density at radius 2 is 1.62 bits per heavy atom. The smallest absolute Gasteiger partial charge is 0.407 e. The number of hydrogen-bond donors (Lipinski definition) is 5. The number of halogens is 1. The highest BCUT2D eigenvalue weighted by molar-refractivity contribution is 5.94. The maximum absolute atomic E-state index is 13.8. The number of benzene rings is 3. The number of aliphatic hydroxyl groups excluding tert-OH is 2. The van der Waals surface area contributed by atoms with E-state index in [1.807, 2.05) is 48.5 Å². The average Bonchev–Trinajstić information content (AvgIpc) is 3.15. The second kappa shape index (κ2) is 9.50. The largest absolute Gasteiger partial charge is 0.478 e. The molecule has 4 rings (SSSR count). The number of aliphatic hydroxyl groups is 2. The van der Waals surface area contributed by atoms with Gasteiger partial charge in [-0.2, -0.15) is 0 Å². The van der Waals surface area contributed by atoms with E-state index >= 15 is 0 Å². The highest BCUT2D eigenvalue weighted by Crippen LogP contribution is 2.44. The third kappa shape index (κ3) is 4.43. The summed E-state index contributed by atoms with van der Waals surface area (Å²) in [6.07, 6.45) is -4.14. The van der Waals surface area contributed by atoms with Crippen molar-refractivity contribution in [3.8, 4) is 11.1 Å². The fourth-order valence-electron chi connectivity index (χ4n) is 4.22. The standard InChI is InChI=1S/C25H23FN2O6/c26-13-9-18(22(27)19(10-13)24(31)32)23(30)21(29)11-28-25(33)34-12-20-16-7-3-1-5-14(16)15-6-2-4-8-17(15)20/h1-10,20-21,23,29-30H,11-12,27H2,(H,28,33)(H,31,32). The fraction of sp³-hybridized carbons (Fsp3) is 0.200. The van der Waals surface area contributed by atoms with Gasteiger partial charge in [0.15, 0.2) is 0 Å². The molecule has 1 amide bonds. The molecule has 0 spiro atoms. The van der Waals surface area contributed by atoms with Crippen LogP contribution in [0, 0.1) is 5.82 Å². The number of anilines is 1.